The van der Waals surface area contributed by atoms with Crippen molar-refractivity contribution < 1.29 is 36.1 Å². The van der Waals surface area contributed by atoms with Crippen LogP contribution in [0.3, 0.4) is 0 Å². The summed E-state index contributed by atoms with van der Waals surface area (Å²) in [5.74, 6) is -0.375. The molecule has 0 aromatic rings. The number of esters is 1. The van der Waals surface area contributed by atoms with Crippen molar-refractivity contribution in [2.24, 2.45) is 0 Å². The van der Waals surface area contributed by atoms with Gasteiger partial charge in [0.15, 0.2) is 0 Å². The van der Waals surface area contributed by atoms with Crippen molar-refractivity contribution in [3.05, 3.63) is 12.2 Å². The van der Waals surface area contributed by atoms with E-state index in [4.69, 9.17) is 31.3 Å². The largest absolute Gasteiger partial charge is 0.500 e. The molecule has 0 atom stereocenters. The van der Waals surface area contributed by atoms with Crippen molar-refractivity contribution in [1.29, 1.82) is 0 Å². The predicted molar refractivity (Wildman–Crippen MR) is 99.2 cm³/mol. The third-order valence-electron chi connectivity index (χ3n) is 3.51. The van der Waals surface area contributed by atoms with Crippen molar-refractivity contribution in [2.45, 2.75) is 32.4 Å². The van der Waals surface area contributed by atoms with E-state index < -0.39 is 17.6 Å². The average Bonchev–Trinajstić information content (AvgIpc) is 2.65. The molecule has 0 bridgehead atoms. The van der Waals surface area contributed by atoms with Crippen LogP contribution in [-0.2, 0) is 36.1 Å². The minimum absolute atomic E-state index is 0.316. The molecule has 8 nitrogen and oxygen atoms in total. The van der Waals surface area contributed by atoms with Gasteiger partial charge in [0.25, 0.3) is 0 Å². The molecule has 0 amide bonds. The summed E-state index contributed by atoms with van der Waals surface area (Å²) in [6.07, 6.45) is 0.640. The molecule has 0 N–H and O–H groups in total. The molecule has 0 spiro atoms. The topological polar surface area (TPSA) is 81.7 Å². The van der Waals surface area contributed by atoms with E-state index in [1.807, 2.05) is 6.92 Å². The molecule has 0 aromatic carbocycles. The maximum Gasteiger partial charge on any atom is 0.500 e. The van der Waals surface area contributed by atoms with Gasteiger partial charge in [-0.05, 0) is 13.3 Å². The van der Waals surface area contributed by atoms with Gasteiger partial charge < -0.3 is 31.3 Å². The number of carbonyl (C=O) groups excluding carboxylic acids is 1. The average molecular weight is 399 g/mol. The van der Waals surface area contributed by atoms with Gasteiger partial charge in [0.05, 0.1) is 6.61 Å². The SMILES string of the molecule is C=C(C)C(=O)OCCC[Si](OC)(OC)OC.CC[Si](OC)(OC)OC. The highest BCUT2D eigenvalue weighted by atomic mass is 28.4. The fourth-order valence-corrected chi connectivity index (χ4v) is 4.87. The van der Waals surface area contributed by atoms with Crippen LogP contribution in [-0.4, -0.2) is 72.8 Å². The maximum absolute atomic E-state index is 11.1. The normalized spacial score (nSPS) is 11.5. The zero-order valence-corrected chi connectivity index (χ0v) is 18.8. The minimum Gasteiger partial charge on any atom is -0.462 e. The van der Waals surface area contributed by atoms with Crippen LogP contribution in [0.1, 0.15) is 20.3 Å². The lowest BCUT2D eigenvalue weighted by molar-refractivity contribution is -0.139. The first kappa shape index (κ1) is 26.6. The van der Waals surface area contributed by atoms with E-state index in [9.17, 15) is 4.79 Å². The Hall–Kier alpha value is -0.596. The first-order valence-corrected chi connectivity index (χ1v) is 11.8. The van der Waals surface area contributed by atoms with E-state index in [-0.39, 0.29) is 5.97 Å². The van der Waals surface area contributed by atoms with Gasteiger partial charge in [0.1, 0.15) is 0 Å². The molecule has 0 aromatic heterocycles. The van der Waals surface area contributed by atoms with Gasteiger partial charge in [-0.1, -0.05) is 13.5 Å². The second-order valence-electron chi connectivity index (χ2n) is 4.96. The van der Waals surface area contributed by atoms with E-state index >= 15 is 0 Å². The smallest absolute Gasteiger partial charge is 0.462 e. The lowest BCUT2D eigenvalue weighted by atomic mass is 10.4. The van der Waals surface area contributed by atoms with Crippen LogP contribution < -0.4 is 0 Å². The maximum atomic E-state index is 11.1. The van der Waals surface area contributed by atoms with E-state index in [1.165, 1.54) is 0 Å². The van der Waals surface area contributed by atoms with Crippen molar-refractivity contribution in [3.63, 3.8) is 0 Å². The van der Waals surface area contributed by atoms with Crippen LogP contribution in [0.2, 0.25) is 12.1 Å². The summed E-state index contributed by atoms with van der Waals surface area (Å²) in [7, 11) is 4.78. The van der Waals surface area contributed by atoms with Crippen LogP contribution in [0.5, 0.6) is 0 Å². The summed E-state index contributed by atoms with van der Waals surface area (Å²) >= 11 is 0. The predicted octanol–water partition coefficient (Wildman–Crippen LogP) is 2.26. The number of rotatable bonds is 12. The summed E-state index contributed by atoms with van der Waals surface area (Å²) in [6.45, 7) is 7.41. The highest BCUT2D eigenvalue weighted by Gasteiger charge is 2.37. The van der Waals surface area contributed by atoms with Gasteiger partial charge in [0, 0.05) is 60.3 Å². The second-order valence-corrected chi connectivity index (χ2v) is 11.4. The highest BCUT2D eigenvalue weighted by molar-refractivity contribution is 6.60. The molecule has 0 aliphatic carbocycles. The van der Waals surface area contributed by atoms with Gasteiger partial charge in [-0.3, -0.25) is 0 Å². The molecule has 0 saturated heterocycles. The zero-order chi connectivity index (χ0) is 19.9. The van der Waals surface area contributed by atoms with Crippen LogP contribution >= 0.6 is 0 Å². The zero-order valence-electron chi connectivity index (χ0n) is 16.8. The summed E-state index contributed by atoms with van der Waals surface area (Å²) < 4.78 is 35.9. The number of hydrogen-bond donors (Lipinski definition) is 0. The molecule has 0 saturated carbocycles. The number of hydrogen-bond acceptors (Lipinski definition) is 8. The van der Waals surface area contributed by atoms with Crippen molar-refractivity contribution in [1.82, 2.24) is 0 Å². The van der Waals surface area contributed by atoms with Gasteiger partial charge in [-0.15, -0.1) is 0 Å². The molecule has 25 heavy (non-hydrogen) atoms. The van der Waals surface area contributed by atoms with Crippen LogP contribution in [0.15, 0.2) is 12.2 Å². The Morgan fingerprint density at radius 1 is 0.840 bits per heavy atom. The molecule has 150 valence electrons. The summed E-state index contributed by atoms with van der Waals surface area (Å²) in [5, 5.41) is 0. The minimum atomic E-state index is -2.53. The highest BCUT2D eigenvalue weighted by Crippen LogP contribution is 2.15. The third-order valence-corrected chi connectivity index (χ3v) is 9.07. The van der Waals surface area contributed by atoms with E-state index in [2.05, 4.69) is 6.58 Å². The number of carbonyl (C=O) groups is 1. The van der Waals surface area contributed by atoms with E-state index in [1.54, 1.807) is 49.6 Å². The van der Waals surface area contributed by atoms with Gasteiger partial charge in [-0.2, -0.15) is 0 Å². The van der Waals surface area contributed by atoms with Crippen molar-refractivity contribution in [3.8, 4) is 0 Å². The van der Waals surface area contributed by atoms with Gasteiger partial charge in [-0.25, -0.2) is 4.79 Å². The quantitative estimate of drug-likeness (QED) is 0.214. The molecule has 0 unspecified atom stereocenters. The molecule has 0 rings (SSSR count). The number of ether oxygens (including phenoxy) is 1. The second kappa shape index (κ2) is 14.6. The summed E-state index contributed by atoms with van der Waals surface area (Å²) in [6, 6.07) is 1.43. The Kier molecular flexibility index (Phi) is 15.5. The third kappa shape index (κ3) is 10.2. The van der Waals surface area contributed by atoms with Crippen LogP contribution in [0, 0.1) is 0 Å². The van der Waals surface area contributed by atoms with Gasteiger partial charge >= 0.3 is 23.6 Å². The first-order chi connectivity index (χ1) is 11.8. The molecular weight excluding hydrogens is 364 g/mol. The lowest BCUT2D eigenvalue weighted by Crippen LogP contribution is -2.42. The van der Waals surface area contributed by atoms with Crippen molar-refractivity contribution >= 4 is 23.6 Å². The fourth-order valence-electron chi connectivity index (χ4n) is 1.82. The van der Waals surface area contributed by atoms with Crippen molar-refractivity contribution in [2.75, 3.05) is 49.3 Å². The molecule has 0 radical (unpaired) electrons. The van der Waals surface area contributed by atoms with E-state index in [0.29, 0.717) is 24.6 Å². The molecule has 0 fully saturated rings. The Labute approximate surface area is 154 Å². The Morgan fingerprint density at radius 3 is 1.48 bits per heavy atom. The molecule has 0 heterocycles. The summed E-state index contributed by atoms with van der Waals surface area (Å²) in [4.78, 5) is 11.1. The fraction of sp³-hybridized carbons (Fsp3) is 0.800. The molecule has 10 heteroatoms. The molecular formula is C15H34O8Si2. The Bertz CT molecular complexity index is 345. The molecule has 0 aliphatic rings. The Balaban J connectivity index is 0. The van der Waals surface area contributed by atoms with Gasteiger partial charge in [0.2, 0.25) is 0 Å². The standard InChI is InChI=1S/C10H20O5Si.C5H14O3Si/c1-9(2)10(11)15-7-6-8-16(12-3,13-4)14-5;1-5-9(6-2,7-3)8-4/h1,6-8H2,2-5H3;5H2,1-4H3. The molecule has 0 aliphatic heterocycles. The lowest BCUT2D eigenvalue weighted by Gasteiger charge is -2.24. The van der Waals surface area contributed by atoms with Crippen LogP contribution in [0.4, 0.5) is 0 Å². The monoisotopic (exact) mass is 398 g/mol. The Morgan fingerprint density at radius 2 is 1.24 bits per heavy atom. The summed E-state index contributed by atoms with van der Waals surface area (Å²) in [5.41, 5.74) is 0.397. The van der Waals surface area contributed by atoms with Crippen LogP contribution in [0.25, 0.3) is 0 Å². The van der Waals surface area contributed by atoms with E-state index in [0.717, 1.165) is 6.04 Å². The first-order valence-electron chi connectivity index (χ1n) is 7.89.